The van der Waals surface area contributed by atoms with E-state index < -0.39 is 0 Å². The summed E-state index contributed by atoms with van der Waals surface area (Å²) in [6.45, 7) is 1.87. The number of hydrogen-bond donors (Lipinski definition) is 0. The van der Waals surface area contributed by atoms with Crippen LogP contribution in [-0.2, 0) is 7.05 Å². The fourth-order valence-corrected chi connectivity index (χ4v) is 2.45. The van der Waals surface area contributed by atoms with Gasteiger partial charge in [-0.15, -0.1) is 0 Å². The lowest BCUT2D eigenvalue weighted by atomic mass is 10.3. The molecule has 1 atom stereocenters. The monoisotopic (exact) mass is 249 g/mol. The van der Waals surface area contributed by atoms with Gasteiger partial charge in [0, 0.05) is 18.9 Å². The minimum atomic E-state index is -0.280. The lowest BCUT2D eigenvalue weighted by molar-refractivity contribution is 0.629. The maximum atomic E-state index is 13.0. The van der Waals surface area contributed by atoms with Gasteiger partial charge in [-0.2, -0.15) is 5.26 Å². The van der Waals surface area contributed by atoms with Crippen molar-refractivity contribution >= 4 is 22.8 Å². The Bertz CT molecular complexity index is 585. The van der Waals surface area contributed by atoms with Crippen LogP contribution in [0.4, 0.5) is 4.39 Å². The molecule has 0 aliphatic rings. The summed E-state index contributed by atoms with van der Waals surface area (Å²) >= 11 is 1.52. The van der Waals surface area contributed by atoms with Gasteiger partial charge in [-0.05, 0) is 19.1 Å². The average Bonchev–Trinajstić information content (AvgIpc) is 2.62. The number of benzene rings is 1. The highest BCUT2D eigenvalue weighted by molar-refractivity contribution is 7.99. The predicted octanol–water partition coefficient (Wildman–Crippen LogP) is 2.96. The van der Waals surface area contributed by atoms with Gasteiger partial charge in [-0.25, -0.2) is 9.37 Å². The van der Waals surface area contributed by atoms with Crippen LogP contribution < -0.4 is 0 Å². The number of nitriles is 1. The van der Waals surface area contributed by atoms with Crippen LogP contribution in [0.3, 0.4) is 0 Å². The van der Waals surface area contributed by atoms with E-state index in [1.807, 2.05) is 18.5 Å². The van der Waals surface area contributed by atoms with E-state index in [2.05, 4.69) is 11.1 Å². The molecule has 88 valence electrons. The number of rotatable bonds is 3. The molecule has 0 radical (unpaired) electrons. The molecule has 0 saturated heterocycles. The van der Waals surface area contributed by atoms with E-state index in [0.29, 0.717) is 11.3 Å². The largest absolute Gasteiger partial charge is 0.322 e. The van der Waals surface area contributed by atoms with Gasteiger partial charge in [0.25, 0.3) is 0 Å². The highest BCUT2D eigenvalue weighted by atomic mass is 32.2. The van der Waals surface area contributed by atoms with Crippen molar-refractivity contribution in [1.82, 2.24) is 9.55 Å². The molecule has 0 amide bonds. The zero-order chi connectivity index (χ0) is 12.4. The molecule has 3 nitrogen and oxygen atoms in total. The van der Waals surface area contributed by atoms with E-state index in [9.17, 15) is 4.39 Å². The molecule has 17 heavy (non-hydrogen) atoms. The lowest BCUT2D eigenvalue weighted by Crippen LogP contribution is -1.97. The van der Waals surface area contributed by atoms with Crippen LogP contribution >= 0.6 is 11.8 Å². The number of hydrogen-bond acceptors (Lipinski definition) is 3. The number of nitrogens with zero attached hydrogens (tertiary/aromatic N) is 3. The molecule has 0 bridgehead atoms. The highest BCUT2D eigenvalue weighted by Gasteiger charge is 2.10. The molecule has 0 spiro atoms. The van der Waals surface area contributed by atoms with Crippen molar-refractivity contribution in [3.05, 3.63) is 24.0 Å². The molecule has 0 saturated carbocycles. The smallest absolute Gasteiger partial charge is 0.168 e. The Morgan fingerprint density at radius 2 is 2.35 bits per heavy atom. The molecule has 0 N–H and O–H groups in total. The molecule has 1 aromatic heterocycles. The Morgan fingerprint density at radius 1 is 1.59 bits per heavy atom. The highest BCUT2D eigenvalue weighted by Crippen LogP contribution is 2.24. The molecular formula is C12H12FN3S. The Hall–Kier alpha value is -1.54. The molecule has 2 rings (SSSR count). The van der Waals surface area contributed by atoms with Crippen LogP contribution in [0.15, 0.2) is 23.4 Å². The second-order valence-electron chi connectivity index (χ2n) is 3.93. The molecule has 2 aromatic rings. The quantitative estimate of drug-likeness (QED) is 0.785. The Labute approximate surface area is 103 Å². The van der Waals surface area contributed by atoms with E-state index in [-0.39, 0.29) is 11.7 Å². The van der Waals surface area contributed by atoms with Crippen molar-refractivity contribution in [2.45, 2.75) is 12.1 Å². The van der Waals surface area contributed by atoms with Gasteiger partial charge in [-0.3, -0.25) is 0 Å². The fraction of sp³-hybridized carbons (Fsp3) is 0.333. The normalized spacial score (nSPS) is 12.6. The second kappa shape index (κ2) is 4.76. The third-order valence-corrected chi connectivity index (χ3v) is 3.77. The maximum Gasteiger partial charge on any atom is 0.168 e. The van der Waals surface area contributed by atoms with Gasteiger partial charge in [0.2, 0.25) is 0 Å². The van der Waals surface area contributed by atoms with E-state index in [1.165, 1.54) is 23.9 Å². The zero-order valence-corrected chi connectivity index (χ0v) is 10.5. The third kappa shape index (κ3) is 2.42. The second-order valence-corrected chi connectivity index (χ2v) is 4.91. The summed E-state index contributed by atoms with van der Waals surface area (Å²) in [7, 11) is 1.90. The van der Waals surface area contributed by atoms with Gasteiger partial charge in [0.1, 0.15) is 5.82 Å². The number of aryl methyl sites for hydroxylation is 1. The topological polar surface area (TPSA) is 41.6 Å². The number of halogens is 1. The fourth-order valence-electron chi connectivity index (χ4n) is 1.52. The van der Waals surface area contributed by atoms with Gasteiger partial charge < -0.3 is 4.57 Å². The van der Waals surface area contributed by atoms with Gasteiger partial charge in [0.05, 0.1) is 23.0 Å². The lowest BCUT2D eigenvalue weighted by Gasteiger charge is -2.02. The van der Waals surface area contributed by atoms with E-state index in [0.717, 1.165) is 10.7 Å². The number of fused-ring (bicyclic) bond motifs is 1. The number of thioether (sulfide) groups is 1. The molecule has 1 unspecified atom stereocenters. The molecule has 1 heterocycles. The van der Waals surface area contributed by atoms with Crippen molar-refractivity contribution in [2.24, 2.45) is 13.0 Å². The van der Waals surface area contributed by atoms with Crippen molar-refractivity contribution in [2.75, 3.05) is 5.75 Å². The summed E-state index contributed by atoms with van der Waals surface area (Å²) in [4.78, 5) is 4.36. The molecule has 0 fully saturated rings. The molecule has 1 aromatic carbocycles. The number of imidazole rings is 1. The molecule has 5 heteroatoms. The minimum absolute atomic E-state index is 0.0171. The number of aromatic nitrogens is 2. The Morgan fingerprint density at radius 3 is 3.06 bits per heavy atom. The zero-order valence-electron chi connectivity index (χ0n) is 9.64. The van der Waals surface area contributed by atoms with Gasteiger partial charge >= 0.3 is 0 Å². The van der Waals surface area contributed by atoms with Crippen molar-refractivity contribution < 1.29 is 4.39 Å². The van der Waals surface area contributed by atoms with Gasteiger partial charge in [0.15, 0.2) is 5.16 Å². The molecule has 0 aliphatic carbocycles. The van der Waals surface area contributed by atoms with Crippen molar-refractivity contribution in [3.63, 3.8) is 0 Å². The maximum absolute atomic E-state index is 13.0. The Kier molecular flexibility index (Phi) is 3.34. The van der Waals surface area contributed by atoms with Crippen LogP contribution in [0.2, 0.25) is 0 Å². The predicted molar refractivity (Wildman–Crippen MR) is 66.2 cm³/mol. The van der Waals surface area contributed by atoms with Crippen LogP contribution in [0.25, 0.3) is 11.0 Å². The van der Waals surface area contributed by atoms with E-state index in [1.54, 1.807) is 6.07 Å². The van der Waals surface area contributed by atoms with Crippen LogP contribution in [0.5, 0.6) is 0 Å². The first-order valence-electron chi connectivity index (χ1n) is 5.26. The summed E-state index contributed by atoms with van der Waals surface area (Å²) in [5.41, 5.74) is 1.55. The molecule has 0 aliphatic heterocycles. The van der Waals surface area contributed by atoms with Crippen LogP contribution in [0, 0.1) is 23.1 Å². The van der Waals surface area contributed by atoms with E-state index in [4.69, 9.17) is 5.26 Å². The first kappa shape index (κ1) is 11.9. The first-order valence-corrected chi connectivity index (χ1v) is 6.24. The van der Waals surface area contributed by atoms with Crippen LogP contribution in [0.1, 0.15) is 6.92 Å². The Balaban J connectivity index is 2.30. The SMILES string of the molecule is CC(C#N)CSc1nc2cc(F)ccc2n1C. The average molecular weight is 249 g/mol. The molecular weight excluding hydrogens is 237 g/mol. The van der Waals surface area contributed by atoms with Crippen molar-refractivity contribution in [1.29, 1.82) is 5.26 Å². The summed E-state index contributed by atoms with van der Waals surface area (Å²) in [5.74, 6) is 0.393. The summed E-state index contributed by atoms with van der Waals surface area (Å²) in [5, 5.41) is 9.53. The first-order chi connectivity index (χ1) is 8.11. The van der Waals surface area contributed by atoms with Crippen LogP contribution in [-0.4, -0.2) is 15.3 Å². The standard InChI is InChI=1S/C12H12FN3S/c1-8(6-14)7-17-12-15-10-5-9(13)3-4-11(10)16(12)2/h3-5,8H,7H2,1-2H3. The minimum Gasteiger partial charge on any atom is -0.322 e. The van der Waals surface area contributed by atoms with Gasteiger partial charge in [-0.1, -0.05) is 11.8 Å². The van der Waals surface area contributed by atoms with E-state index >= 15 is 0 Å². The third-order valence-electron chi connectivity index (χ3n) is 2.48. The summed E-state index contributed by atoms with van der Waals surface area (Å²) in [6.07, 6.45) is 0. The summed E-state index contributed by atoms with van der Waals surface area (Å²) in [6, 6.07) is 6.75. The summed E-state index contributed by atoms with van der Waals surface area (Å²) < 4.78 is 15.0. The van der Waals surface area contributed by atoms with Crippen molar-refractivity contribution in [3.8, 4) is 6.07 Å².